The standard InChI is InChI=1S/C13H12F2N4O2/c14-8-4-7(5-9(15)6-8)11(20)17-13-19-18-12(21-13)10-2-1-3-16-10/h4-6,10,16H,1-3H2,(H,17,19,20). The van der Waals surface area contributed by atoms with Crippen molar-refractivity contribution >= 4 is 11.9 Å². The molecule has 1 aliphatic rings. The molecule has 0 spiro atoms. The molecule has 2 aromatic rings. The van der Waals surface area contributed by atoms with Gasteiger partial charge in [-0.25, -0.2) is 8.78 Å². The van der Waals surface area contributed by atoms with Crippen molar-refractivity contribution in [2.45, 2.75) is 18.9 Å². The molecule has 1 aromatic carbocycles. The molecular formula is C13H12F2N4O2. The van der Waals surface area contributed by atoms with Crippen molar-refractivity contribution < 1.29 is 18.0 Å². The topological polar surface area (TPSA) is 80.0 Å². The van der Waals surface area contributed by atoms with Crippen LogP contribution in [0, 0.1) is 11.6 Å². The van der Waals surface area contributed by atoms with Crippen molar-refractivity contribution in [2.24, 2.45) is 0 Å². The number of carbonyl (C=O) groups excluding carboxylic acids is 1. The van der Waals surface area contributed by atoms with Crippen LogP contribution < -0.4 is 10.6 Å². The molecule has 1 fully saturated rings. The first kappa shape index (κ1) is 13.6. The van der Waals surface area contributed by atoms with Crippen LogP contribution in [0.25, 0.3) is 0 Å². The number of hydrogen-bond donors (Lipinski definition) is 2. The molecule has 1 amide bonds. The fourth-order valence-corrected chi connectivity index (χ4v) is 2.18. The average Bonchev–Trinajstić information content (AvgIpc) is 3.07. The minimum absolute atomic E-state index is 0.0187. The van der Waals surface area contributed by atoms with Crippen LogP contribution in [0.1, 0.15) is 35.1 Å². The molecule has 1 atom stereocenters. The Hall–Kier alpha value is -2.35. The zero-order chi connectivity index (χ0) is 14.8. The lowest BCUT2D eigenvalue weighted by Crippen LogP contribution is -2.13. The van der Waals surface area contributed by atoms with Crippen molar-refractivity contribution in [3.8, 4) is 0 Å². The third-order valence-electron chi connectivity index (χ3n) is 3.14. The summed E-state index contributed by atoms with van der Waals surface area (Å²) < 4.78 is 31.4. The van der Waals surface area contributed by atoms with Gasteiger partial charge in [-0.2, -0.15) is 0 Å². The SMILES string of the molecule is O=C(Nc1nnc(C2CCCN2)o1)c1cc(F)cc(F)c1. The Labute approximate surface area is 118 Å². The lowest BCUT2D eigenvalue weighted by Gasteiger charge is -2.03. The van der Waals surface area contributed by atoms with Crippen LogP contribution in [-0.4, -0.2) is 22.6 Å². The predicted octanol–water partition coefficient (Wildman–Crippen LogP) is 2.02. The number of anilines is 1. The Kier molecular flexibility index (Phi) is 3.61. The fraction of sp³-hybridized carbons (Fsp3) is 0.308. The summed E-state index contributed by atoms with van der Waals surface area (Å²) >= 11 is 0. The number of amides is 1. The lowest BCUT2D eigenvalue weighted by atomic mass is 10.2. The molecule has 0 aliphatic carbocycles. The molecule has 2 N–H and O–H groups in total. The van der Waals surface area contributed by atoms with E-state index < -0.39 is 17.5 Å². The molecule has 6 nitrogen and oxygen atoms in total. The highest BCUT2D eigenvalue weighted by Crippen LogP contribution is 2.23. The van der Waals surface area contributed by atoms with E-state index in [1.54, 1.807) is 0 Å². The molecule has 1 aliphatic heterocycles. The summed E-state index contributed by atoms with van der Waals surface area (Å²) in [5.74, 6) is -2.00. The molecule has 21 heavy (non-hydrogen) atoms. The summed E-state index contributed by atoms with van der Waals surface area (Å²) in [5.41, 5.74) is -0.161. The highest BCUT2D eigenvalue weighted by Gasteiger charge is 2.22. The summed E-state index contributed by atoms with van der Waals surface area (Å²) in [4.78, 5) is 11.9. The second kappa shape index (κ2) is 5.57. The Morgan fingerprint density at radius 1 is 1.29 bits per heavy atom. The van der Waals surface area contributed by atoms with Gasteiger partial charge in [0.2, 0.25) is 5.89 Å². The number of benzene rings is 1. The molecular weight excluding hydrogens is 282 g/mol. The molecule has 0 bridgehead atoms. The Bertz CT molecular complexity index is 648. The van der Waals surface area contributed by atoms with Gasteiger partial charge in [0.1, 0.15) is 11.6 Å². The first-order valence-electron chi connectivity index (χ1n) is 6.46. The van der Waals surface area contributed by atoms with Crippen LogP contribution >= 0.6 is 0 Å². The summed E-state index contributed by atoms with van der Waals surface area (Å²) in [6.45, 7) is 0.872. The number of halogens is 2. The second-order valence-electron chi connectivity index (χ2n) is 4.71. The number of carbonyl (C=O) groups is 1. The molecule has 0 saturated carbocycles. The third-order valence-corrected chi connectivity index (χ3v) is 3.14. The highest BCUT2D eigenvalue weighted by atomic mass is 19.1. The predicted molar refractivity (Wildman–Crippen MR) is 68.6 cm³/mol. The monoisotopic (exact) mass is 294 g/mol. The van der Waals surface area contributed by atoms with Crippen molar-refractivity contribution in [3.63, 3.8) is 0 Å². The van der Waals surface area contributed by atoms with Crippen molar-refractivity contribution in [1.82, 2.24) is 15.5 Å². The van der Waals surface area contributed by atoms with Crippen molar-refractivity contribution in [1.29, 1.82) is 0 Å². The smallest absolute Gasteiger partial charge is 0.322 e. The number of aromatic nitrogens is 2. The van der Waals surface area contributed by atoms with E-state index in [2.05, 4.69) is 20.8 Å². The highest BCUT2D eigenvalue weighted by molar-refractivity contribution is 6.03. The van der Waals surface area contributed by atoms with Gasteiger partial charge in [0.25, 0.3) is 5.91 Å². The number of nitrogens with one attached hydrogen (secondary N) is 2. The maximum Gasteiger partial charge on any atom is 0.322 e. The maximum absolute atomic E-state index is 13.1. The van der Waals surface area contributed by atoms with E-state index in [4.69, 9.17) is 4.42 Å². The first-order chi connectivity index (χ1) is 10.1. The van der Waals surface area contributed by atoms with Gasteiger partial charge in [-0.15, -0.1) is 5.10 Å². The normalized spacial score (nSPS) is 17.9. The van der Waals surface area contributed by atoms with Crippen LogP contribution in [0.2, 0.25) is 0 Å². The minimum atomic E-state index is -0.832. The molecule has 2 heterocycles. The van der Waals surface area contributed by atoms with Gasteiger partial charge < -0.3 is 9.73 Å². The van der Waals surface area contributed by atoms with E-state index in [0.717, 1.165) is 31.5 Å². The minimum Gasteiger partial charge on any atom is -0.406 e. The Morgan fingerprint density at radius 2 is 2.05 bits per heavy atom. The van der Waals surface area contributed by atoms with Gasteiger partial charge in [0.05, 0.1) is 6.04 Å². The van der Waals surface area contributed by atoms with Gasteiger partial charge >= 0.3 is 6.01 Å². The van der Waals surface area contributed by atoms with E-state index in [0.29, 0.717) is 12.0 Å². The van der Waals surface area contributed by atoms with Crippen LogP contribution in [0.3, 0.4) is 0 Å². The molecule has 3 rings (SSSR count). The largest absolute Gasteiger partial charge is 0.406 e. The van der Waals surface area contributed by atoms with Gasteiger partial charge in [0, 0.05) is 11.6 Å². The molecule has 110 valence electrons. The van der Waals surface area contributed by atoms with E-state index in [-0.39, 0.29) is 17.6 Å². The van der Waals surface area contributed by atoms with Gasteiger partial charge in [0.15, 0.2) is 0 Å². The van der Waals surface area contributed by atoms with Crippen molar-refractivity contribution in [3.05, 3.63) is 41.3 Å². The van der Waals surface area contributed by atoms with Gasteiger partial charge in [-0.3, -0.25) is 10.1 Å². The maximum atomic E-state index is 13.1. The molecule has 8 heteroatoms. The quantitative estimate of drug-likeness (QED) is 0.905. The van der Waals surface area contributed by atoms with Crippen LogP contribution in [0.15, 0.2) is 22.6 Å². The fourth-order valence-electron chi connectivity index (χ4n) is 2.18. The number of nitrogens with zero attached hydrogens (tertiary/aromatic N) is 2. The Morgan fingerprint density at radius 3 is 2.71 bits per heavy atom. The van der Waals surface area contributed by atoms with Crippen molar-refractivity contribution in [2.75, 3.05) is 11.9 Å². The van der Waals surface area contributed by atoms with Crippen LogP contribution in [0.5, 0.6) is 0 Å². The molecule has 1 unspecified atom stereocenters. The van der Waals surface area contributed by atoms with Crippen LogP contribution in [0.4, 0.5) is 14.8 Å². The Balaban J connectivity index is 1.72. The molecule has 0 radical (unpaired) electrons. The lowest BCUT2D eigenvalue weighted by molar-refractivity contribution is 0.102. The zero-order valence-electron chi connectivity index (χ0n) is 10.9. The summed E-state index contributed by atoms with van der Waals surface area (Å²) in [5, 5.41) is 13.0. The van der Waals surface area contributed by atoms with Crippen LogP contribution in [-0.2, 0) is 0 Å². The third kappa shape index (κ3) is 3.05. The second-order valence-corrected chi connectivity index (χ2v) is 4.71. The van der Waals surface area contributed by atoms with E-state index >= 15 is 0 Å². The van der Waals surface area contributed by atoms with E-state index in [1.165, 1.54) is 0 Å². The van der Waals surface area contributed by atoms with Gasteiger partial charge in [-0.05, 0) is 31.5 Å². The number of rotatable bonds is 3. The summed E-state index contributed by atoms with van der Waals surface area (Å²) in [6, 6.07) is 2.42. The molecule has 1 aromatic heterocycles. The van der Waals surface area contributed by atoms with E-state index in [9.17, 15) is 13.6 Å². The first-order valence-corrected chi connectivity index (χ1v) is 6.46. The van der Waals surface area contributed by atoms with E-state index in [1.807, 2.05) is 0 Å². The zero-order valence-corrected chi connectivity index (χ0v) is 10.9. The summed E-state index contributed by atoms with van der Waals surface area (Å²) in [6.07, 6.45) is 1.89. The average molecular weight is 294 g/mol. The van der Waals surface area contributed by atoms with Gasteiger partial charge in [-0.1, -0.05) is 5.10 Å². The summed E-state index contributed by atoms with van der Waals surface area (Å²) in [7, 11) is 0. The molecule has 1 saturated heterocycles. The number of hydrogen-bond acceptors (Lipinski definition) is 5.